The Kier molecular flexibility index (Phi) is 6.01. The average molecular weight is 288 g/mol. The number of halogens is 1. The van der Waals surface area contributed by atoms with Crippen LogP contribution in [-0.4, -0.2) is 28.8 Å². The summed E-state index contributed by atoms with van der Waals surface area (Å²) in [6, 6.07) is 6.30. The molecule has 98 valence electrons. The van der Waals surface area contributed by atoms with Crippen LogP contribution in [0.25, 0.3) is 0 Å². The fourth-order valence-corrected chi connectivity index (χ4v) is 2.09. The smallest absolute Gasteiger partial charge is 0.326 e. The topological polar surface area (TPSA) is 66.4 Å². The molecule has 6 heteroatoms. The Morgan fingerprint density at radius 3 is 2.50 bits per heavy atom. The van der Waals surface area contributed by atoms with Crippen molar-refractivity contribution in [1.29, 1.82) is 0 Å². The molecule has 0 radical (unpaired) electrons. The van der Waals surface area contributed by atoms with Crippen molar-refractivity contribution in [1.82, 2.24) is 5.32 Å². The van der Waals surface area contributed by atoms with Gasteiger partial charge in [-0.2, -0.15) is 0 Å². The standard InChI is InChI=1S/C12H14ClNO3S/c1-2-10(12(16)17)14-11(15)7-18-9-5-3-8(13)4-6-9/h3-6,10H,2,7H2,1H3,(H,14,15)(H,16,17). The van der Waals surface area contributed by atoms with E-state index in [4.69, 9.17) is 16.7 Å². The van der Waals surface area contributed by atoms with Gasteiger partial charge in [0, 0.05) is 9.92 Å². The minimum Gasteiger partial charge on any atom is -0.480 e. The maximum absolute atomic E-state index is 11.5. The van der Waals surface area contributed by atoms with Gasteiger partial charge in [0.05, 0.1) is 5.75 Å². The van der Waals surface area contributed by atoms with Gasteiger partial charge in [0.15, 0.2) is 0 Å². The van der Waals surface area contributed by atoms with E-state index in [1.807, 2.05) is 12.1 Å². The van der Waals surface area contributed by atoms with Gasteiger partial charge in [-0.1, -0.05) is 18.5 Å². The second-order valence-corrected chi connectivity index (χ2v) is 5.09. The van der Waals surface area contributed by atoms with Crippen LogP contribution in [-0.2, 0) is 9.59 Å². The molecule has 1 atom stereocenters. The zero-order valence-corrected chi connectivity index (χ0v) is 11.4. The highest BCUT2D eigenvalue weighted by molar-refractivity contribution is 8.00. The summed E-state index contributed by atoms with van der Waals surface area (Å²) in [5.74, 6) is -1.11. The minimum atomic E-state index is -1.01. The van der Waals surface area contributed by atoms with E-state index < -0.39 is 12.0 Å². The number of carbonyl (C=O) groups excluding carboxylic acids is 1. The molecule has 0 heterocycles. The van der Waals surface area contributed by atoms with E-state index in [2.05, 4.69) is 5.32 Å². The number of carbonyl (C=O) groups is 2. The molecule has 0 aromatic heterocycles. The second kappa shape index (κ2) is 7.28. The van der Waals surface area contributed by atoms with E-state index in [-0.39, 0.29) is 11.7 Å². The zero-order valence-electron chi connectivity index (χ0n) is 9.85. The van der Waals surface area contributed by atoms with Crippen LogP contribution in [0, 0.1) is 0 Å². The van der Waals surface area contributed by atoms with E-state index in [1.54, 1.807) is 19.1 Å². The molecular formula is C12H14ClNO3S. The van der Waals surface area contributed by atoms with Gasteiger partial charge in [0.2, 0.25) is 5.91 Å². The van der Waals surface area contributed by atoms with Crippen molar-refractivity contribution < 1.29 is 14.7 Å². The summed E-state index contributed by atoms with van der Waals surface area (Å²) >= 11 is 7.08. The second-order valence-electron chi connectivity index (χ2n) is 3.61. The Morgan fingerprint density at radius 1 is 1.39 bits per heavy atom. The first-order valence-electron chi connectivity index (χ1n) is 5.43. The molecule has 0 saturated carbocycles. The first-order valence-corrected chi connectivity index (χ1v) is 6.79. The van der Waals surface area contributed by atoms with Crippen molar-refractivity contribution in [2.75, 3.05) is 5.75 Å². The van der Waals surface area contributed by atoms with Gasteiger partial charge in [-0.3, -0.25) is 4.79 Å². The molecule has 1 amide bonds. The molecule has 0 spiro atoms. The molecule has 0 aliphatic carbocycles. The van der Waals surface area contributed by atoms with Crippen LogP contribution in [0.5, 0.6) is 0 Å². The van der Waals surface area contributed by atoms with Gasteiger partial charge in [-0.05, 0) is 30.7 Å². The average Bonchev–Trinajstić information content (AvgIpc) is 2.35. The highest BCUT2D eigenvalue weighted by Crippen LogP contribution is 2.19. The molecular weight excluding hydrogens is 274 g/mol. The van der Waals surface area contributed by atoms with Crippen molar-refractivity contribution >= 4 is 35.2 Å². The van der Waals surface area contributed by atoms with E-state index in [0.717, 1.165) is 4.90 Å². The Morgan fingerprint density at radius 2 is 2.00 bits per heavy atom. The number of nitrogens with one attached hydrogen (secondary N) is 1. The number of rotatable bonds is 6. The Hall–Kier alpha value is -1.20. The molecule has 1 aromatic rings. The van der Waals surface area contributed by atoms with Crippen LogP contribution in [0.2, 0.25) is 5.02 Å². The lowest BCUT2D eigenvalue weighted by Gasteiger charge is -2.11. The molecule has 1 rings (SSSR count). The van der Waals surface area contributed by atoms with Crippen LogP contribution < -0.4 is 5.32 Å². The van der Waals surface area contributed by atoms with Crippen LogP contribution in [0.1, 0.15) is 13.3 Å². The molecule has 0 aliphatic heterocycles. The van der Waals surface area contributed by atoms with Crippen LogP contribution >= 0.6 is 23.4 Å². The van der Waals surface area contributed by atoms with E-state index in [9.17, 15) is 9.59 Å². The van der Waals surface area contributed by atoms with Crippen LogP contribution in [0.4, 0.5) is 0 Å². The Bertz CT molecular complexity index is 422. The molecule has 4 nitrogen and oxygen atoms in total. The molecule has 0 bridgehead atoms. The van der Waals surface area contributed by atoms with Gasteiger partial charge < -0.3 is 10.4 Å². The molecule has 0 aliphatic rings. The Balaban J connectivity index is 2.41. The number of hydrogen-bond donors (Lipinski definition) is 2. The lowest BCUT2D eigenvalue weighted by atomic mass is 10.2. The van der Waals surface area contributed by atoms with Crippen molar-refractivity contribution in [2.45, 2.75) is 24.3 Å². The van der Waals surface area contributed by atoms with E-state index in [0.29, 0.717) is 11.4 Å². The normalized spacial score (nSPS) is 11.9. The van der Waals surface area contributed by atoms with Crippen molar-refractivity contribution in [2.24, 2.45) is 0 Å². The van der Waals surface area contributed by atoms with Gasteiger partial charge in [0.25, 0.3) is 0 Å². The summed E-state index contributed by atoms with van der Waals surface area (Å²) in [7, 11) is 0. The first-order chi connectivity index (χ1) is 8.52. The number of amides is 1. The third-order valence-corrected chi connectivity index (χ3v) is 3.49. The molecule has 18 heavy (non-hydrogen) atoms. The molecule has 1 unspecified atom stereocenters. The van der Waals surface area contributed by atoms with Gasteiger partial charge in [0.1, 0.15) is 6.04 Å². The largest absolute Gasteiger partial charge is 0.480 e. The summed E-state index contributed by atoms with van der Waals surface area (Å²) in [5.41, 5.74) is 0. The lowest BCUT2D eigenvalue weighted by molar-refractivity contribution is -0.141. The maximum Gasteiger partial charge on any atom is 0.326 e. The van der Waals surface area contributed by atoms with Gasteiger partial charge in [-0.15, -0.1) is 11.8 Å². The summed E-state index contributed by atoms with van der Waals surface area (Å²) < 4.78 is 0. The Labute approximate surface area is 115 Å². The highest BCUT2D eigenvalue weighted by Gasteiger charge is 2.17. The number of benzene rings is 1. The third kappa shape index (κ3) is 4.98. The highest BCUT2D eigenvalue weighted by atomic mass is 35.5. The van der Waals surface area contributed by atoms with Crippen LogP contribution in [0.15, 0.2) is 29.2 Å². The lowest BCUT2D eigenvalue weighted by Crippen LogP contribution is -2.41. The summed E-state index contributed by atoms with van der Waals surface area (Å²) in [5, 5.41) is 11.9. The minimum absolute atomic E-state index is 0.186. The monoisotopic (exact) mass is 287 g/mol. The van der Waals surface area contributed by atoms with Crippen LogP contribution in [0.3, 0.4) is 0 Å². The number of carboxylic acid groups (broad SMARTS) is 1. The predicted molar refractivity (Wildman–Crippen MR) is 72.0 cm³/mol. The van der Waals surface area contributed by atoms with Crippen molar-refractivity contribution in [3.63, 3.8) is 0 Å². The molecule has 1 aromatic carbocycles. The van der Waals surface area contributed by atoms with E-state index >= 15 is 0 Å². The number of hydrogen-bond acceptors (Lipinski definition) is 3. The first kappa shape index (κ1) is 14.9. The fourth-order valence-electron chi connectivity index (χ4n) is 1.25. The van der Waals surface area contributed by atoms with Crippen molar-refractivity contribution in [3.05, 3.63) is 29.3 Å². The molecule has 2 N–H and O–H groups in total. The fraction of sp³-hybridized carbons (Fsp3) is 0.333. The van der Waals surface area contributed by atoms with E-state index in [1.165, 1.54) is 11.8 Å². The summed E-state index contributed by atoms with van der Waals surface area (Å²) in [6.07, 6.45) is 0.368. The summed E-state index contributed by atoms with van der Waals surface area (Å²) in [6.45, 7) is 1.71. The number of carboxylic acids is 1. The molecule has 0 fully saturated rings. The third-order valence-electron chi connectivity index (χ3n) is 2.23. The SMILES string of the molecule is CCC(NC(=O)CSc1ccc(Cl)cc1)C(=O)O. The summed E-state index contributed by atoms with van der Waals surface area (Å²) in [4.78, 5) is 23.2. The molecule has 0 saturated heterocycles. The maximum atomic E-state index is 11.5. The zero-order chi connectivity index (χ0) is 13.5. The number of aliphatic carboxylic acids is 1. The van der Waals surface area contributed by atoms with Crippen molar-refractivity contribution in [3.8, 4) is 0 Å². The van der Waals surface area contributed by atoms with Gasteiger partial charge in [-0.25, -0.2) is 4.79 Å². The number of thioether (sulfide) groups is 1. The predicted octanol–water partition coefficient (Wildman–Crippen LogP) is 2.41. The quantitative estimate of drug-likeness (QED) is 0.789. The van der Waals surface area contributed by atoms with Gasteiger partial charge >= 0.3 is 5.97 Å².